The van der Waals surface area contributed by atoms with Crippen molar-refractivity contribution in [1.82, 2.24) is 14.8 Å². The van der Waals surface area contributed by atoms with Crippen LogP contribution in [0.25, 0.3) is 0 Å². The number of rotatable bonds is 9. The molecule has 1 saturated heterocycles. The highest BCUT2D eigenvalue weighted by molar-refractivity contribution is 7.99. The number of carbonyl (C=O) groups is 1. The second-order valence-electron chi connectivity index (χ2n) is 8.28. The third kappa shape index (κ3) is 6.44. The van der Waals surface area contributed by atoms with Crippen LogP contribution in [0.1, 0.15) is 29.8 Å². The number of ether oxygens (including phenoxy) is 1. The van der Waals surface area contributed by atoms with E-state index in [1.54, 1.807) is 18.2 Å². The molecule has 2 N–H and O–H groups in total. The zero-order valence-corrected chi connectivity index (χ0v) is 21.4. The van der Waals surface area contributed by atoms with Crippen molar-refractivity contribution in [2.75, 3.05) is 23.0 Å². The van der Waals surface area contributed by atoms with Crippen LogP contribution in [0.2, 0.25) is 10.0 Å². The van der Waals surface area contributed by atoms with Crippen molar-refractivity contribution in [3.63, 3.8) is 0 Å². The quantitative estimate of drug-likeness (QED) is 0.351. The predicted octanol–water partition coefficient (Wildman–Crippen LogP) is 5.72. The second kappa shape index (κ2) is 11.4. The molecule has 1 fully saturated rings. The van der Waals surface area contributed by atoms with Crippen molar-refractivity contribution in [3.8, 4) is 0 Å². The van der Waals surface area contributed by atoms with Crippen LogP contribution in [0.15, 0.2) is 41.6 Å². The van der Waals surface area contributed by atoms with Crippen LogP contribution in [0.3, 0.4) is 0 Å². The number of carbonyl (C=O) groups excluding carboxylic acids is 1. The summed E-state index contributed by atoms with van der Waals surface area (Å²) in [5, 5.41) is 16.6. The van der Waals surface area contributed by atoms with Gasteiger partial charge in [0.25, 0.3) is 0 Å². The van der Waals surface area contributed by atoms with E-state index in [-0.39, 0.29) is 17.8 Å². The smallest absolute Gasteiger partial charge is 0.234 e. The molecule has 1 aliphatic heterocycles. The van der Waals surface area contributed by atoms with Gasteiger partial charge < -0.3 is 19.9 Å². The van der Waals surface area contributed by atoms with E-state index in [1.165, 1.54) is 22.9 Å². The van der Waals surface area contributed by atoms with E-state index >= 15 is 0 Å². The van der Waals surface area contributed by atoms with Gasteiger partial charge in [0.05, 0.1) is 35.0 Å². The number of aryl methyl sites for hydroxylation is 2. The van der Waals surface area contributed by atoms with Gasteiger partial charge in [-0.3, -0.25) is 4.79 Å². The Morgan fingerprint density at radius 3 is 2.76 bits per heavy atom. The maximum Gasteiger partial charge on any atom is 0.234 e. The molecule has 3 aromatic rings. The summed E-state index contributed by atoms with van der Waals surface area (Å²) >= 11 is 13.3. The topological polar surface area (TPSA) is 81.1 Å². The molecule has 4 rings (SSSR count). The van der Waals surface area contributed by atoms with Gasteiger partial charge in [0.2, 0.25) is 5.91 Å². The predicted molar refractivity (Wildman–Crippen MR) is 138 cm³/mol. The van der Waals surface area contributed by atoms with Crippen molar-refractivity contribution in [2.24, 2.45) is 0 Å². The first kappa shape index (κ1) is 24.9. The monoisotopic (exact) mass is 519 g/mol. The molecule has 180 valence electrons. The first-order chi connectivity index (χ1) is 16.4. The number of nitrogens with one attached hydrogen (secondary N) is 2. The molecule has 0 spiro atoms. The number of thioether (sulfide) groups is 1. The lowest BCUT2D eigenvalue weighted by Crippen LogP contribution is -2.20. The van der Waals surface area contributed by atoms with Crippen LogP contribution in [0.5, 0.6) is 0 Å². The summed E-state index contributed by atoms with van der Waals surface area (Å²) in [4.78, 5) is 12.5. The van der Waals surface area contributed by atoms with Gasteiger partial charge in [-0.1, -0.05) is 52.7 Å². The van der Waals surface area contributed by atoms with Gasteiger partial charge in [0.15, 0.2) is 11.0 Å². The average molecular weight is 520 g/mol. The fourth-order valence-electron chi connectivity index (χ4n) is 3.82. The summed E-state index contributed by atoms with van der Waals surface area (Å²) in [6.07, 6.45) is 2.18. The lowest BCUT2D eigenvalue weighted by Gasteiger charge is -2.16. The summed E-state index contributed by atoms with van der Waals surface area (Å²) in [6.45, 7) is 6.13. The van der Waals surface area contributed by atoms with Crippen LogP contribution < -0.4 is 10.6 Å². The molecule has 0 radical (unpaired) electrons. The Hall–Kier alpha value is -2.26. The standard InChI is InChI=1S/C24H27Cl2N5O2S/c1-15-5-8-21(16(2)10-15)27-12-22-29-30-24(31(22)13-18-4-3-9-33-18)34-14-23(32)28-17-6-7-19(25)20(26)11-17/h5-8,10-11,18,27H,3-4,9,12-14H2,1-2H3,(H,28,32)/t18-/m1/s1. The molecule has 2 heterocycles. The largest absolute Gasteiger partial charge is 0.378 e. The van der Waals surface area contributed by atoms with Crippen molar-refractivity contribution >= 4 is 52.2 Å². The molecule has 0 saturated carbocycles. The summed E-state index contributed by atoms with van der Waals surface area (Å²) in [6, 6.07) is 11.3. The molecule has 1 amide bonds. The Bertz CT molecular complexity index is 1160. The minimum absolute atomic E-state index is 0.125. The molecule has 2 aromatic carbocycles. The van der Waals surface area contributed by atoms with Gasteiger partial charge in [0, 0.05) is 18.0 Å². The minimum Gasteiger partial charge on any atom is -0.378 e. The van der Waals surface area contributed by atoms with Crippen LogP contribution in [-0.2, 0) is 22.6 Å². The van der Waals surface area contributed by atoms with E-state index < -0.39 is 0 Å². The average Bonchev–Trinajstić information content (AvgIpc) is 3.45. The van der Waals surface area contributed by atoms with E-state index in [0.717, 1.165) is 31.0 Å². The van der Waals surface area contributed by atoms with E-state index in [4.69, 9.17) is 27.9 Å². The third-order valence-electron chi connectivity index (χ3n) is 5.56. The number of hydrogen-bond acceptors (Lipinski definition) is 6. The number of aromatic nitrogens is 3. The number of amides is 1. The summed E-state index contributed by atoms with van der Waals surface area (Å²) in [5.41, 5.74) is 4.06. The lowest BCUT2D eigenvalue weighted by atomic mass is 10.1. The fraction of sp³-hybridized carbons (Fsp3) is 0.375. The number of hydrogen-bond donors (Lipinski definition) is 2. The Labute approximate surface area is 213 Å². The Kier molecular flexibility index (Phi) is 8.37. The van der Waals surface area contributed by atoms with Gasteiger partial charge in [-0.15, -0.1) is 10.2 Å². The molecule has 1 aliphatic rings. The number of nitrogens with zero attached hydrogens (tertiary/aromatic N) is 3. The van der Waals surface area contributed by atoms with Crippen molar-refractivity contribution in [1.29, 1.82) is 0 Å². The first-order valence-corrected chi connectivity index (χ1v) is 12.9. The van der Waals surface area contributed by atoms with Crippen LogP contribution in [-0.4, -0.2) is 39.1 Å². The van der Waals surface area contributed by atoms with Crippen LogP contribution >= 0.6 is 35.0 Å². The molecule has 34 heavy (non-hydrogen) atoms. The molecule has 10 heteroatoms. The number of benzene rings is 2. The van der Waals surface area contributed by atoms with Gasteiger partial charge in [-0.2, -0.15) is 0 Å². The Morgan fingerprint density at radius 1 is 1.18 bits per heavy atom. The maximum absolute atomic E-state index is 12.5. The van der Waals surface area contributed by atoms with E-state index in [9.17, 15) is 4.79 Å². The lowest BCUT2D eigenvalue weighted by molar-refractivity contribution is -0.113. The number of halogens is 2. The van der Waals surface area contributed by atoms with Crippen molar-refractivity contribution < 1.29 is 9.53 Å². The summed E-state index contributed by atoms with van der Waals surface area (Å²) < 4.78 is 7.91. The fourth-order valence-corrected chi connectivity index (χ4v) is 4.88. The van der Waals surface area contributed by atoms with E-state index in [0.29, 0.717) is 34.0 Å². The summed E-state index contributed by atoms with van der Waals surface area (Å²) in [7, 11) is 0. The molecule has 1 aromatic heterocycles. The van der Waals surface area contributed by atoms with Gasteiger partial charge >= 0.3 is 0 Å². The molecular weight excluding hydrogens is 493 g/mol. The van der Waals surface area contributed by atoms with Crippen LogP contribution in [0, 0.1) is 13.8 Å². The van der Waals surface area contributed by atoms with E-state index in [1.807, 2.05) is 0 Å². The minimum atomic E-state index is -0.162. The highest BCUT2D eigenvalue weighted by Crippen LogP contribution is 2.26. The Balaban J connectivity index is 1.43. The molecule has 0 aliphatic carbocycles. The number of anilines is 2. The van der Waals surface area contributed by atoms with Gasteiger partial charge in [-0.25, -0.2) is 0 Å². The van der Waals surface area contributed by atoms with Crippen LogP contribution in [0.4, 0.5) is 11.4 Å². The maximum atomic E-state index is 12.5. The van der Waals surface area contributed by atoms with Gasteiger partial charge in [0.1, 0.15) is 0 Å². The molecule has 1 atom stereocenters. The highest BCUT2D eigenvalue weighted by Gasteiger charge is 2.21. The SMILES string of the molecule is Cc1ccc(NCc2nnc(SCC(=O)Nc3ccc(Cl)c(Cl)c3)n2C[C@H]2CCCO2)c(C)c1. The Morgan fingerprint density at radius 2 is 2.03 bits per heavy atom. The molecule has 0 bridgehead atoms. The van der Waals surface area contributed by atoms with Crippen molar-refractivity contribution in [3.05, 3.63) is 63.4 Å². The van der Waals surface area contributed by atoms with E-state index in [2.05, 4.69) is 57.4 Å². The molecule has 0 unspecified atom stereocenters. The first-order valence-electron chi connectivity index (χ1n) is 11.1. The molecule has 7 nitrogen and oxygen atoms in total. The van der Waals surface area contributed by atoms with Crippen molar-refractivity contribution in [2.45, 2.75) is 51.0 Å². The highest BCUT2D eigenvalue weighted by atomic mass is 35.5. The normalized spacial score (nSPS) is 15.5. The van der Waals surface area contributed by atoms with Gasteiger partial charge in [-0.05, 0) is 56.5 Å². The zero-order chi connectivity index (χ0) is 24.1. The second-order valence-corrected chi connectivity index (χ2v) is 10.0. The zero-order valence-electron chi connectivity index (χ0n) is 19.1. The summed E-state index contributed by atoms with van der Waals surface area (Å²) in [5.74, 6) is 0.835. The molecular formula is C24H27Cl2N5O2S. The third-order valence-corrected chi connectivity index (χ3v) is 7.26.